The van der Waals surface area contributed by atoms with E-state index in [2.05, 4.69) is 0 Å². The number of hydrogen-bond donors (Lipinski definition) is 2. The number of aliphatic hydroxyl groups is 1. The van der Waals surface area contributed by atoms with Crippen molar-refractivity contribution in [3.63, 3.8) is 0 Å². The maximum Gasteiger partial charge on any atom is 0.416 e. The quantitative estimate of drug-likeness (QED) is 0.875. The van der Waals surface area contributed by atoms with Gasteiger partial charge in [0, 0.05) is 12.5 Å². The number of hydrogen-bond acceptors (Lipinski definition) is 2. The molecule has 0 spiro atoms. The zero-order valence-electron chi connectivity index (χ0n) is 10.4. The minimum atomic E-state index is -4.38. The third-order valence-electron chi connectivity index (χ3n) is 2.99. The average molecular weight is 261 g/mol. The van der Waals surface area contributed by atoms with Gasteiger partial charge in [-0.1, -0.05) is 32.0 Å². The van der Waals surface area contributed by atoms with Crippen LogP contribution >= 0.6 is 0 Å². The first kappa shape index (κ1) is 15.0. The maximum atomic E-state index is 12.6. The van der Waals surface area contributed by atoms with E-state index < -0.39 is 23.8 Å². The molecule has 102 valence electrons. The van der Waals surface area contributed by atoms with Gasteiger partial charge in [-0.15, -0.1) is 0 Å². The third kappa shape index (κ3) is 3.46. The zero-order chi connectivity index (χ0) is 13.9. The van der Waals surface area contributed by atoms with E-state index in [1.807, 2.05) is 0 Å². The highest BCUT2D eigenvalue weighted by Crippen LogP contribution is 2.32. The predicted octanol–water partition coefficient (Wildman–Crippen LogP) is 2.76. The molecule has 0 bridgehead atoms. The van der Waals surface area contributed by atoms with E-state index in [1.54, 1.807) is 19.9 Å². The molecule has 0 aliphatic rings. The van der Waals surface area contributed by atoms with Gasteiger partial charge in [0.1, 0.15) is 0 Å². The third-order valence-corrected chi connectivity index (χ3v) is 2.99. The molecular weight excluding hydrogens is 243 g/mol. The van der Waals surface area contributed by atoms with Gasteiger partial charge in [0.15, 0.2) is 0 Å². The molecule has 0 aliphatic carbocycles. The number of rotatable bonds is 4. The number of nitrogens with two attached hydrogens (primary N) is 1. The lowest BCUT2D eigenvalue weighted by molar-refractivity contribution is -0.137. The van der Waals surface area contributed by atoms with Gasteiger partial charge in [0.05, 0.1) is 11.7 Å². The second-order valence-corrected chi connectivity index (χ2v) is 4.70. The molecule has 0 saturated heterocycles. The minimum Gasteiger partial charge on any atom is -0.392 e. The number of halogens is 3. The molecule has 3 N–H and O–H groups in total. The van der Waals surface area contributed by atoms with E-state index in [0.717, 1.165) is 12.1 Å². The van der Waals surface area contributed by atoms with Crippen LogP contribution in [-0.2, 0) is 6.18 Å². The minimum absolute atomic E-state index is 0.0620. The molecule has 2 atom stereocenters. The number of benzene rings is 1. The standard InChI is InChI=1S/C13H18F3NO/c1-8(2)12(18)11(7-17)9-4-3-5-10(6-9)13(14,15)16/h3-6,8,11-12,18H,7,17H2,1-2H3. The first-order valence-corrected chi connectivity index (χ1v) is 5.82. The van der Waals surface area contributed by atoms with Crippen LogP contribution in [0.25, 0.3) is 0 Å². The summed E-state index contributed by atoms with van der Waals surface area (Å²) in [7, 11) is 0. The molecule has 0 aliphatic heterocycles. The van der Waals surface area contributed by atoms with Crippen molar-refractivity contribution in [2.24, 2.45) is 11.7 Å². The van der Waals surface area contributed by atoms with Crippen molar-refractivity contribution in [1.29, 1.82) is 0 Å². The molecule has 0 aromatic heterocycles. The van der Waals surface area contributed by atoms with Crippen molar-refractivity contribution in [3.05, 3.63) is 35.4 Å². The average Bonchev–Trinajstić information content (AvgIpc) is 2.29. The summed E-state index contributed by atoms with van der Waals surface area (Å²) >= 11 is 0. The summed E-state index contributed by atoms with van der Waals surface area (Å²) < 4.78 is 37.8. The van der Waals surface area contributed by atoms with Crippen molar-refractivity contribution < 1.29 is 18.3 Å². The lowest BCUT2D eigenvalue weighted by atomic mass is 9.86. The molecular formula is C13H18F3NO. The van der Waals surface area contributed by atoms with Crippen LogP contribution in [0.3, 0.4) is 0 Å². The van der Waals surface area contributed by atoms with E-state index in [0.29, 0.717) is 5.56 Å². The summed E-state index contributed by atoms with van der Waals surface area (Å²) in [6, 6.07) is 4.98. The van der Waals surface area contributed by atoms with Gasteiger partial charge in [-0.3, -0.25) is 0 Å². The van der Waals surface area contributed by atoms with Crippen molar-refractivity contribution in [2.75, 3.05) is 6.54 Å². The van der Waals surface area contributed by atoms with Crippen LogP contribution in [0, 0.1) is 5.92 Å². The van der Waals surface area contributed by atoms with Gasteiger partial charge >= 0.3 is 6.18 Å². The van der Waals surface area contributed by atoms with E-state index in [1.165, 1.54) is 6.07 Å². The van der Waals surface area contributed by atoms with Crippen LogP contribution in [0.4, 0.5) is 13.2 Å². The Labute approximate surface area is 105 Å². The molecule has 0 heterocycles. The predicted molar refractivity (Wildman–Crippen MR) is 64.1 cm³/mol. The van der Waals surface area contributed by atoms with Gasteiger partial charge in [0.2, 0.25) is 0 Å². The van der Waals surface area contributed by atoms with Crippen LogP contribution in [0.1, 0.15) is 30.9 Å². The van der Waals surface area contributed by atoms with Crippen molar-refractivity contribution in [2.45, 2.75) is 32.0 Å². The Balaban J connectivity index is 3.08. The Morgan fingerprint density at radius 2 is 1.89 bits per heavy atom. The lowest BCUT2D eigenvalue weighted by Crippen LogP contribution is -2.30. The first-order valence-electron chi connectivity index (χ1n) is 5.82. The van der Waals surface area contributed by atoms with Crippen LogP contribution in [0.5, 0.6) is 0 Å². The van der Waals surface area contributed by atoms with E-state index in [-0.39, 0.29) is 12.5 Å². The first-order chi connectivity index (χ1) is 8.27. The SMILES string of the molecule is CC(C)C(O)C(CN)c1cccc(C(F)(F)F)c1. The summed E-state index contributed by atoms with van der Waals surface area (Å²) in [6.07, 6.45) is -5.13. The molecule has 0 radical (unpaired) electrons. The molecule has 0 amide bonds. The van der Waals surface area contributed by atoms with Crippen LogP contribution in [-0.4, -0.2) is 17.8 Å². The van der Waals surface area contributed by atoms with Gasteiger partial charge in [-0.05, 0) is 17.5 Å². The highest BCUT2D eigenvalue weighted by atomic mass is 19.4. The molecule has 0 saturated carbocycles. The molecule has 2 nitrogen and oxygen atoms in total. The maximum absolute atomic E-state index is 12.6. The van der Waals surface area contributed by atoms with Crippen LogP contribution in [0.15, 0.2) is 24.3 Å². The Kier molecular flexibility index (Phi) is 4.76. The zero-order valence-corrected chi connectivity index (χ0v) is 10.4. The molecule has 18 heavy (non-hydrogen) atoms. The Morgan fingerprint density at radius 1 is 1.28 bits per heavy atom. The fraction of sp³-hybridized carbons (Fsp3) is 0.538. The van der Waals surface area contributed by atoms with Crippen molar-refractivity contribution in [1.82, 2.24) is 0 Å². The van der Waals surface area contributed by atoms with Crippen molar-refractivity contribution in [3.8, 4) is 0 Å². The molecule has 0 fully saturated rings. The largest absolute Gasteiger partial charge is 0.416 e. The van der Waals surface area contributed by atoms with Gasteiger partial charge in [0.25, 0.3) is 0 Å². The summed E-state index contributed by atoms with van der Waals surface area (Å²) in [5, 5.41) is 9.97. The van der Waals surface area contributed by atoms with E-state index in [4.69, 9.17) is 5.73 Å². The highest BCUT2D eigenvalue weighted by Gasteiger charge is 2.32. The topological polar surface area (TPSA) is 46.2 Å². The summed E-state index contributed by atoms with van der Waals surface area (Å²) in [4.78, 5) is 0. The fourth-order valence-electron chi connectivity index (χ4n) is 1.88. The van der Waals surface area contributed by atoms with Gasteiger partial charge in [-0.25, -0.2) is 0 Å². The summed E-state index contributed by atoms with van der Waals surface area (Å²) in [6.45, 7) is 3.72. The summed E-state index contributed by atoms with van der Waals surface area (Å²) in [5.41, 5.74) is 5.27. The number of alkyl halides is 3. The smallest absolute Gasteiger partial charge is 0.392 e. The summed E-state index contributed by atoms with van der Waals surface area (Å²) in [5.74, 6) is -0.541. The van der Waals surface area contributed by atoms with E-state index in [9.17, 15) is 18.3 Å². The van der Waals surface area contributed by atoms with Gasteiger partial charge in [-0.2, -0.15) is 13.2 Å². The normalized spacial score (nSPS) is 15.8. The Hall–Kier alpha value is -1.07. The monoisotopic (exact) mass is 261 g/mol. The second-order valence-electron chi connectivity index (χ2n) is 4.70. The Bertz CT molecular complexity index is 390. The fourth-order valence-corrected chi connectivity index (χ4v) is 1.88. The molecule has 2 unspecified atom stereocenters. The second kappa shape index (κ2) is 5.71. The number of aliphatic hydroxyl groups excluding tert-OH is 1. The molecule has 5 heteroatoms. The van der Waals surface area contributed by atoms with Gasteiger partial charge < -0.3 is 10.8 Å². The van der Waals surface area contributed by atoms with Crippen LogP contribution in [0.2, 0.25) is 0 Å². The molecule has 1 rings (SSSR count). The highest BCUT2D eigenvalue weighted by molar-refractivity contribution is 5.29. The van der Waals surface area contributed by atoms with E-state index >= 15 is 0 Å². The van der Waals surface area contributed by atoms with Crippen molar-refractivity contribution >= 4 is 0 Å². The Morgan fingerprint density at radius 3 is 2.33 bits per heavy atom. The van der Waals surface area contributed by atoms with Crippen LogP contribution < -0.4 is 5.73 Å². The lowest BCUT2D eigenvalue weighted by Gasteiger charge is -2.25. The molecule has 1 aromatic rings. The molecule has 1 aromatic carbocycles.